The predicted molar refractivity (Wildman–Crippen MR) is 241 cm³/mol. The molecular formula is C48H75NO17. The van der Waals surface area contributed by atoms with Crippen molar-refractivity contribution in [1.29, 1.82) is 0 Å². The predicted octanol–water partition coefficient (Wildman–Crippen LogP) is 0.800. The highest BCUT2D eigenvalue weighted by Gasteiger charge is 2.51. The third kappa shape index (κ3) is 18.6. The number of esters is 2. The smallest absolute Gasteiger partial charge is 0.313 e. The van der Waals surface area contributed by atoms with Gasteiger partial charge in [0.05, 0.1) is 86.7 Å². The molecule has 19 atom stereocenters. The van der Waals surface area contributed by atoms with Crippen molar-refractivity contribution < 1.29 is 84.3 Å². The van der Waals surface area contributed by atoms with Crippen LogP contribution >= 0.6 is 0 Å². The van der Waals surface area contributed by atoms with E-state index in [4.69, 9.17) is 29.4 Å². The van der Waals surface area contributed by atoms with Crippen LogP contribution in [0, 0.1) is 17.8 Å². The van der Waals surface area contributed by atoms with Gasteiger partial charge in [0.1, 0.15) is 18.1 Å². The van der Waals surface area contributed by atoms with E-state index in [1.165, 1.54) is 0 Å². The summed E-state index contributed by atoms with van der Waals surface area (Å²) in [5.74, 6) is -5.93. The number of allylic oxidation sites excluding steroid dienone is 12. The number of aliphatic hydroxyl groups excluding tert-OH is 9. The number of nitrogens with two attached hydrogens (primary N) is 1. The second kappa shape index (κ2) is 28.1. The Labute approximate surface area is 387 Å². The number of hydrogen-bond donors (Lipinski definition) is 11. The Hall–Kier alpha value is -3.44. The molecule has 3 aliphatic heterocycles. The molecule has 374 valence electrons. The van der Waals surface area contributed by atoms with E-state index >= 15 is 0 Å². The Morgan fingerprint density at radius 1 is 0.667 bits per heavy atom. The van der Waals surface area contributed by atoms with Crippen molar-refractivity contribution in [2.75, 3.05) is 7.11 Å². The van der Waals surface area contributed by atoms with Gasteiger partial charge in [-0.3, -0.25) is 9.59 Å². The van der Waals surface area contributed by atoms with Crippen LogP contribution in [0.25, 0.3) is 0 Å². The Balaban J connectivity index is 1.88. The summed E-state index contributed by atoms with van der Waals surface area (Å²) >= 11 is 0. The number of cyclic esters (lactones) is 1. The Morgan fingerprint density at radius 3 is 1.83 bits per heavy atom. The summed E-state index contributed by atoms with van der Waals surface area (Å²) in [4.78, 5) is 25.7. The van der Waals surface area contributed by atoms with E-state index in [1.807, 2.05) is 37.3 Å². The van der Waals surface area contributed by atoms with Gasteiger partial charge in [-0.2, -0.15) is 0 Å². The lowest BCUT2D eigenvalue weighted by Crippen LogP contribution is -2.61. The number of carbonyl (C=O) groups is 2. The second-order valence-corrected chi connectivity index (χ2v) is 17.8. The fraction of sp³-hybridized carbons (Fsp3) is 0.667. The van der Waals surface area contributed by atoms with Crippen LogP contribution in [0.5, 0.6) is 0 Å². The molecule has 3 heterocycles. The number of hydrogen-bond acceptors (Lipinski definition) is 18. The molecule has 0 saturated carbocycles. The zero-order valence-electron chi connectivity index (χ0n) is 38.5. The highest BCUT2D eigenvalue weighted by Crippen LogP contribution is 2.38. The first kappa shape index (κ1) is 56.9. The van der Waals surface area contributed by atoms with Gasteiger partial charge in [0, 0.05) is 37.5 Å². The summed E-state index contributed by atoms with van der Waals surface area (Å²) in [6.45, 7) is 6.78. The number of methoxy groups -OCH3 is 1. The van der Waals surface area contributed by atoms with Gasteiger partial charge in [-0.1, -0.05) is 98.9 Å². The topological polar surface area (TPSA) is 309 Å². The fourth-order valence-corrected chi connectivity index (χ4v) is 8.09. The maximum absolute atomic E-state index is 13.1. The minimum absolute atomic E-state index is 0.0949. The molecule has 66 heavy (non-hydrogen) atoms. The van der Waals surface area contributed by atoms with Gasteiger partial charge >= 0.3 is 11.9 Å². The Bertz CT molecular complexity index is 1680. The lowest BCUT2D eigenvalue weighted by molar-refractivity contribution is -0.308. The highest BCUT2D eigenvalue weighted by molar-refractivity contribution is 5.74. The van der Waals surface area contributed by atoms with Crippen LogP contribution in [-0.4, -0.2) is 168 Å². The molecule has 2 bridgehead atoms. The lowest BCUT2D eigenvalue weighted by atomic mass is 9.82. The molecule has 18 nitrogen and oxygen atoms in total. The third-order valence-electron chi connectivity index (χ3n) is 12.2. The summed E-state index contributed by atoms with van der Waals surface area (Å²) in [7, 11) is 1.12. The first-order chi connectivity index (χ1) is 31.2. The van der Waals surface area contributed by atoms with Crippen LogP contribution in [0.3, 0.4) is 0 Å². The average molecular weight is 938 g/mol. The molecule has 2 fully saturated rings. The number of aliphatic hydroxyl groups is 10. The van der Waals surface area contributed by atoms with E-state index in [9.17, 15) is 60.7 Å². The second-order valence-electron chi connectivity index (χ2n) is 17.8. The molecular weight excluding hydrogens is 863 g/mol. The molecule has 0 aromatic rings. The molecule has 0 aliphatic carbocycles. The fourth-order valence-electron chi connectivity index (χ4n) is 8.09. The minimum Gasteiger partial charge on any atom is -0.469 e. The maximum Gasteiger partial charge on any atom is 0.313 e. The first-order valence-electron chi connectivity index (χ1n) is 22.7. The molecule has 3 rings (SSSR count). The van der Waals surface area contributed by atoms with Crippen molar-refractivity contribution in [1.82, 2.24) is 0 Å². The molecule has 0 aromatic heterocycles. The Kier molecular flexibility index (Phi) is 24.3. The van der Waals surface area contributed by atoms with Crippen molar-refractivity contribution in [3.63, 3.8) is 0 Å². The van der Waals surface area contributed by atoms with Crippen LogP contribution in [0.4, 0.5) is 0 Å². The SMILES string of the molecule is COC(=O)[C@H]1[C@@H]2C[C@@H](O[C@@H]3O[C@H](C)[C@@H](O)[C@H](N)[C@@H]3O)C=CC=CC=CC=CC=CC=CC=C[C@H](C)[C@@H](O)[C@@H](C)[C@H](C)OC(=O)C[C@H](O)C[C@H](O)CC[C@@H](O)[C@H](O)C[C@H](O)C[C@](O)(C[C@@H]1O)O2. The molecule has 12 N–H and O–H groups in total. The largest absolute Gasteiger partial charge is 0.469 e. The van der Waals surface area contributed by atoms with Crippen LogP contribution in [0.1, 0.15) is 79.1 Å². The quantitative estimate of drug-likeness (QED) is 0.174. The molecule has 0 radical (unpaired) electrons. The van der Waals surface area contributed by atoms with Crippen molar-refractivity contribution in [3.05, 3.63) is 85.1 Å². The van der Waals surface area contributed by atoms with E-state index in [1.54, 1.807) is 75.5 Å². The zero-order valence-corrected chi connectivity index (χ0v) is 38.5. The van der Waals surface area contributed by atoms with Gasteiger partial charge in [-0.25, -0.2) is 0 Å². The van der Waals surface area contributed by atoms with Crippen molar-refractivity contribution in [2.24, 2.45) is 23.5 Å². The monoisotopic (exact) mass is 938 g/mol. The molecule has 0 spiro atoms. The van der Waals surface area contributed by atoms with E-state index in [0.717, 1.165) is 7.11 Å². The van der Waals surface area contributed by atoms with Gasteiger partial charge in [0.25, 0.3) is 0 Å². The first-order valence-corrected chi connectivity index (χ1v) is 22.7. The molecule has 3 aliphatic rings. The maximum atomic E-state index is 13.1. The van der Waals surface area contributed by atoms with Gasteiger partial charge < -0.3 is 80.5 Å². The van der Waals surface area contributed by atoms with Gasteiger partial charge in [0.2, 0.25) is 0 Å². The number of carbonyl (C=O) groups excluding carboxylic acids is 2. The zero-order chi connectivity index (χ0) is 49.1. The van der Waals surface area contributed by atoms with E-state index in [2.05, 4.69) is 0 Å². The van der Waals surface area contributed by atoms with Crippen molar-refractivity contribution in [2.45, 2.75) is 177 Å². The summed E-state index contributed by atoms with van der Waals surface area (Å²) in [5.41, 5.74) is 6.05. The number of fused-ring (bicyclic) bond motifs is 2. The number of rotatable bonds is 3. The summed E-state index contributed by atoms with van der Waals surface area (Å²) in [5, 5.41) is 109. The third-order valence-corrected chi connectivity index (χ3v) is 12.2. The summed E-state index contributed by atoms with van der Waals surface area (Å²) in [6.07, 6.45) is 4.50. The summed E-state index contributed by atoms with van der Waals surface area (Å²) < 4.78 is 28.4. The molecule has 0 amide bonds. The molecule has 0 aromatic carbocycles. The highest BCUT2D eigenvalue weighted by atomic mass is 16.7. The summed E-state index contributed by atoms with van der Waals surface area (Å²) in [6, 6.07) is -1.13. The molecule has 0 unspecified atom stereocenters. The van der Waals surface area contributed by atoms with Crippen LogP contribution in [-0.2, 0) is 33.3 Å². The standard InChI is InChI=1S/C48H75NO17/c1-28-18-16-14-12-10-8-6-7-9-11-13-15-17-19-35(65-47-45(59)42(49)44(58)31(4)64-47)25-39-41(46(60)62-5)38(55)27-48(61,66-39)26-34(52)23-37(54)36(53)21-20-32(50)22-33(51)24-40(56)63-30(3)29(2)43(28)57/h6-19,28-39,41-45,47,50-55,57-59,61H,20-27,49H2,1-5H3/t28-,29-,30-,31+,32+,33+,34-,35-,36+,37+,38-,39-,41+,42-,43+,44+,45-,47-,48+/m0/s1. The average Bonchev–Trinajstić information content (AvgIpc) is 3.24. The van der Waals surface area contributed by atoms with Crippen LogP contribution in [0.2, 0.25) is 0 Å². The van der Waals surface area contributed by atoms with E-state index < -0.39 is 147 Å². The van der Waals surface area contributed by atoms with Crippen molar-refractivity contribution in [3.8, 4) is 0 Å². The van der Waals surface area contributed by atoms with E-state index in [0.29, 0.717) is 0 Å². The van der Waals surface area contributed by atoms with Crippen LogP contribution < -0.4 is 5.73 Å². The van der Waals surface area contributed by atoms with Crippen LogP contribution in [0.15, 0.2) is 85.1 Å². The van der Waals surface area contributed by atoms with E-state index in [-0.39, 0.29) is 31.6 Å². The van der Waals surface area contributed by atoms with Gasteiger partial charge in [-0.05, 0) is 33.1 Å². The normalized spacial score (nSPS) is 41.5. The lowest BCUT2D eigenvalue weighted by Gasteiger charge is -2.45. The Morgan fingerprint density at radius 2 is 1.24 bits per heavy atom. The molecule has 18 heteroatoms. The molecule has 2 saturated heterocycles. The van der Waals surface area contributed by atoms with Gasteiger partial charge in [0.15, 0.2) is 12.1 Å². The van der Waals surface area contributed by atoms with Crippen molar-refractivity contribution >= 4 is 11.9 Å². The number of ether oxygens (including phenoxy) is 5. The van der Waals surface area contributed by atoms with Gasteiger partial charge in [-0.15, -0.1) is 0 Å². The minimum atomic E-state index is -2.27.